The van der Waals surface area contributed by atoms with E-state index in [1.165, 1.54) is 0 Å². The minimum atomic E-state index is -1.47. The molecule has 0 fully saturated rings. The first-order valence-corrected chi connectivity index (χ1v) is 3.97. The van der Waals surface area contributed by atoms with Crippen molar-refractivity contribution in [3.8, 4) is 5.75 Å². The fourth-order valence-electron chi connectivity index (χ4n) is 1.07. The molecule has 0 heterocycles. The van der Waals surface area contributed by atoms with Gasteiger partial charge in [0.15, 0.2) is 23.2 Å². The van der Waals surface area contributed by atoms with Gasteiger partial charge in [-0.3, -0.25) is 4.79 Å². The number of nitrogens with two attached hydrogens (primary N) is 1. The number of carbonyl (C=O) groups excluding carboxylic acids is 1. The van der Waals surface area contributed by atoms with Crippen LogP contribution in [0.25, 0.3) is 0 Å². The molecule has 0 aromatic heterocycles. The normalized spacial score (nSPS) is 10.2. The van der Waals surface area contributed by atoms with E-state index < -0.39 is 41.1 Å². The van der Waals surface area contributed by atoms with E-state index in [2.05, 4.69) is 4.74 Å². The van der Waals surface area contributed by atoms with Gasteiger partial charge in [-0.05, 0) is 6.07 Å². The molecule has 0 unspecified atom stereocenters. The first-order valence-electron chi connectivity index (χ1n) is 3.97. The van der Waals surface area contributed by atoms with E-state index in [0.29, 0.717) is 6.07 Å². The van der Waals surface area contributed by atoms with Gasteiger partial charge in [-0.25, -0.2) is 8.78 Å². The van der Waals surface area contributed by atoms with E-state index in [1.54, 1.807) is 0 Å². The van der Waals surface area contributed by atoms with Gasteiger partial charge >= 0.3 is 0 Å². The maximum atomic E-state index is 13.3. The Morgan fingerprint density at radius 2 is 2.00 bits per heavy atom. The van der Waals surface area contributed by atoms with Crippen LogP contribution < -0.4 is 10.5 Å². The van der Waals surface area contributed by atoms with E-state index in [4.69, 9.17) is 5.73 Å². The lowest BCUT2D eigenvalue weighted by molar-refractivity contribution is 0.0996. The monoisotopic (exact) mass is 219 g/mol. The number of benzene rings is 1. The highest BCUT2D eigenvalue weighted by atomic mass is 19.2. The molecule has 1 rings (SSSR count). The number of carbonyl (C=O) groups is 1. The van der Waals surface area contributed by atoms with Gasteiger partial charge < -0.3 is 10.5 Å². The zero-order valence-corrected chi connectivity index (χ0v) is 7.81. The van der Waals surface area contributed by atoms with E-state index in [-0.39, 0.29) is 0 Å². The molecule has 1 aromatic carbocycles. The fraction of sp³-hybridized carbons (Fsp3) is 0.222. The summed E-state index contributed by atoms with van der Waals surface area (Å²) in [5.74, 6) is -5.82. The summed E-state index contributed by atoms with van der Waals surface area (Å²) in [5.41, 5.74) is 4.36. The smallest absolute Gasteiger partial charge is 0.203 e. The number of hydrogen-bond acceptors (Lipinski definition) is 3. The van der Waals surface area contributed by atoms with Crippen molar-refractivity contribution in [2.24, 2.45) is 5.73 Å². The summed E-state index contributed by atoms with van der Waals surface area (Å²) in [5, 5.41) is 0. The molecule has 0 saturated carbocycles. The molecule has 0 radical (unpaired) electrons. The summed E-state index contributed by atoms with van der Waals surface area (Å²) < 4.78 is 43.5. The zero-order valence-electron chi connectivity index (χ0n) is 7.81. The lowest BCUT2D eigenvalue weighted by Gasteiger charge is -2.07. The highest BCUT2D eigenvalue weighted by Crippen LogP contribution is 2.26. The third-order valence-electron chi connectivity index (χ3n) is 1.81. The molecule has 82 valence electrons. The van der Waals surface area contributed by atoms with E-state index in [0.717, 1.165) is 7.11 Å². The predicted molar refractivity (Wildman–Crippen MR) is 46.3 cm³/mol. The molecule has 0 aliphatic heterocycles. The van der Waals surface area contributed by atoms with E-state index in [1.807, 2.05) is 0 Å². The summed E-state index contributed by atoms with van der Waals surface area (Å²) in [6.07, 6.45) is 0. The Kier molecular flexibility index (Phi) is 3.31. The number of Topliss-reactive ketones (excluding diaryl/α,β-unsaturated/α-hetero) is 1. The maximum Gasteiger partial charge on any atom is 0.203 e. The molecule has 0 aliphatic carbocycles. The van der Waals surface area contributed by atoms with E-state index in [9.17, 15) is 18.0 Å². The van der Waals surface area contributed by atoms with Crippen molar-refractivity contribution in [1.82, 2.24) is 0 Å². The van der Waals surface area contributed by atoms with Crippen LogP contribution in [0.3, 0.4) is 0 Å². The Labute approximate surface area is 83.6 Å². The number of hydrogen-bond donors (Lipinski definition) is 1. The quantitative estimate of drug-likeness (QED) is 0.615. The number of rotatable bonds is 3. The van der Waals surface area contributed by atoms with Gasteiger partial charge in [-0.15, -0.1) is 0 Å². The molecular formula is C9H8F3NO2. The van der Waals surface area contributed by atoms with Crippen LogP contribution in [0.2, 0.25) is 0 Å². The van der Waals surface area contributed by atoms with Crippen molar-refractivity contribution < 1.29 is 22.7 Å². The third-order valence-corrected chi connectivity index (χ3v) is 1.81. The number of ketones is 1. The van der Waals surface area contributed by atoms with Crippen molar-refractivity contribution in [3.05, 3.63) is 29.1 Å². The first-order chi connectivity index (χ1) is 7.02. The lowest BCUT2D eigenvalue weighted by Crippen LogP contribution is -2.16. The number of methoxy groups -OCH3 is 1. The first kappa shape index (κ1) is 11.5. The Morgan fingerprint density at radius 1 is 1.40 bits per heavy atom. The minimum absolute atomic E-state index is 0.461. The Morgan fingerprint density at radius 3 is 2.47 bits per heavy atom. The second-order valence-electron chi connectivity index (χ2n) is 2.69. The topological polar surface area (TPSA) is 52.3 Å². The predicted octanol–water partition coefficient (Wildman–Crippen LogP) is 1.25. The molecule has 0 spiro atoms. The second-order valence-corrected chi connectivity index (χ2v) is 2.69. The molecule has 0 amide bonds. The van der Waals surface area contributed by atoms with Gasteiger partial charge in [0.25, 0.3) is 0 Å². The summed E-state index contributed by atoms with van der Waals surface area (Å²) in [6, 6.07) is 0.461. The van der Waals surface area contributed by atoms with Crippen molar-refractivity contribution in [2.45, 2.75) is 0 Å². The van der Waals surface area contributed by atoms with Gasteiger partial charge in [-0.1, -0.05) is 0 Å². The molecule has 6 heteroatoms. The van der Waals surface area contributed by atoms with Crippen molar-refractivity contribution in [1.29, 1.82) is 0 Å². The lowest BCUT2D eigenvalue weighted by atomic mass is 10.1. The summed E-state index contributed by atoms with van der Waals surface area (Å²) in [6.45, 7) is -0.495. The standard InChI is InChI=1S/C9H8F3NO2/c1-15-9-7(11)4(6(14)3-13)2-5(10)8(9)12/h2H,3,13H2,1H3. The Balaban J connectivity index is 3.43. The van der Waals surface area contributed by atoms with Crippen molar-refractivity contribution in [3.63, 3.8) is 0 Å². The molecular weight excluding hydrogens is 211 g/mol. The second kappa shape index (κ2) is 4.31. The van der Waals surface area contributed by atoms with Gasteiger partial charge in [0, 0.05) is 0 Å². The molecule has 0 saturated heterocycles. The van der Waals surface area contributed by atoms with Crippen LogP contribution >= 0.6 is 0 Å². The molecule has 1 aromatic rings. The third kappa shape index (κ3) is 1.94. The van der Waals surface area contributed by atoms with Crippen LogP contribution in [0, 0.1) is 17.5 Å². The summed E-state index contributed by atoms with van der Waals surface area (Å²) in [4.78, 5) is 11.1. The largest absolute Gasteiger partial charge is 0.491 e. The van der Waals surface area contributed by atoms with Crippen LogP contribution in [0.4, 0.5) is 13.2 Å². The highest BCUT2D eigenvalue weighted by Gasteiger charge is 2.22. The summed E-state index contributed by atoms with van der Waals surface area (Å²) >= 11 is 0. The summed E-state index contributed by atoms with van der Waals surface area (Å²) in [7, 11) is 0.970. The Hall–Kier alpha value is -1.56. The fourth-order valence-corrected chi connectivity index (χ4v) is 1.07. The maximum absolute atomic E-state index is 13.3. The van der Waals surface area contributed by atoms with Crippen LogP contribution in [0.1, 0.15) is 10.4 Å². The molecule has 0 aliphatic rings. The number of ether oxygens (including phenoxy) is 1. The zero-order chi connectivity index (χ0) is 11.6. The number of halogens is 3. The SMILES string of the molecule is COc1c(F)c(F)cc(C(=O)CN)c1F. The van der Waals surface area contributed by atoms with E-state index >= 15 is 0 Å². The van der Waals surface area contributed by atoms with Gasteiger partial charge in [0.05, 0.1) is 19.2 Å². The molecule has 3 nitrogen and oxygen atoms in total. The van der Waals surface area contributed by atoms with Gasteiger partial charge in [0.2, 0.25) is 5.82 Å². The Bertz CT molecular complexity index is 407. The molecule has 2 N–H and O–H groups in total. The van der Waals surface area contributed by atoms with Gasteiger partial charge in [-0.2, -0.15) is 4.39 Å². The van der Waals surface area contributed by atoms with Crippen LogP contribution in [-0.2, 0) is 0 Å². The molecule has 0 bridgehead atoms. The van der Waals surface area contributed by atoms with Gasteiger partial charge in [0.1, 0.15) is 0 Å². The molecule has 15 heavy (non-hydrogen) atoms. The van der Waals surface area contributed by atoms with Crippen molar-refractivity contribution in [2.75, 3.05) is 13.7 Å². The van der Waals surface area contributed by atoms with Crippen LogP contribution in [0.15, 0.2) is 6.07 Å². The van der Waals surface area contributed by atoms with Crippen LogP contribution in [0.5, 0.6) is 5.75 Å². The molecule has 0 atom stereocenters. The average molecular weight is 219 g/mol. The minimum Gasteiger partial charge on any atom is -0.491 e. The highest BCUT2D eigenvalue weighted by molar-refractivity contribution is 5.98. The van der Waals surface area contributed by atoms with Crippen molar-refractivity contribution >= 4 is 5.78 Å². The van der Waals surface area contributed by atoms with Crippen LogP contribution in [-0.4, -0.2) is 19.4 Å². The average Bonchev–Trinajstić information content (AvgIpc) is 2.23.